The van der Waals surface area contributed by atoms with Crippen LogP contribution in [0.2, 0.25) is 0 Å². The first-order valence-corrected chi connectivity index (χ1v) is 16.4. The van der Waals surface area contributed by atoms with Gasteiger partial charge in [-0.2, -0.15) is 0 Å². The van der Waals surface area contributed by atoms with E-state index in [1.807, 2.05) is 68.6 Å². The van der Waals surface area contributed by atoms with E-state index in [-0.39, 0.29) is 49.4 Å². The van der Waals surface area contributed by atoms with Crippen molar-refractivity contribution < 1.29 is 23.9 Å². The number of nitrogens with zero attached hydrogens (tertiary/aromatic N) is 6. The summed E-state index contributed by atoms with van der Waals surface area (Å²) in [7, 11) is 1.79. The molecule has 258 valence electrons. The van der Waals surface area contributed by atoms with E-state index < -0.39 is 23.9 Å². The first-order chi connectivity index (χ1) is 23.6. The Labute approximate surface area is 285 Å². The second-order valence-corrected chi connectivity index (χ2v) is 12.4. The Kier molecular flexibility index (Phi) is 11.7. The number of benzene rings is 2. The fourth-order valence-corrected chi connectivity index (χ4v) is 5.52. The van der Waals surface area contributed by atoms with Gasteiger partial charge in [-0.25, -0.2) is 9.67 Å². The molecular formula is C35H43N9O5. The van der Waals surface area contributed by atoms with Crippen LogP contribution in [0.1, 0.15) is 41.2 Å². The molecule has 1 aliphatic heterocycles. The molecule has 4 amide bonds. The van der Waals surface area contributed by atoms with Crippen LogP contribution in [0, 0.1) is 5.92 Å². The molecule has 2 aromatic carbocycles. The van der Waals surface area contributed by atoms with Gasteiger partial charge in [-0.3, -0.25) is 19.2 Å². The minimum Gasteiger partial charge on any atom is -0.492 e. The average Bonchev–Trinajstić information content (AvgIpc) is 3.73. The lowest BCUT2D eigenvalue weighted by molar-refractivity contribution is -0.132. The van der Waals surface area contributed by atoms with Gasteiger partial charge in [-0.1, -0.05) is 61.5 Å². The molecule has 0 aliphatic carbocycles. The molecule has 1 aliphatic rings. The molecule has 0 unspecified atom stereocenters. The summed E-state index contributed by atoms with van der Waals surface area (Å²) in [5.74, 6) is -1.14. The lowest BCUT2D eigenvalue weighted by atomic mass is 10.0. The molecule has 0 fully saturated rings. The molecule has 2 atom stereocenters. The average molecular weight is 670 g/mol. The maximum Gasteiger partial charge on any atom is 0.274 e. The fraction of sp³-hybridized carbons (Fsp3) is 0.400. The van der Waals surface area contributed by atoms with E-state index in [9.17, 15) is 19.2 Å². The van der Waals surface area contributed by atoms with Crippen LogP contribution < -0.4 is 20.7 Å². The van der Waals surface area contributed by atoms with Gasteiger partial charge in [0.25, 0.3) is 5.91 Å². The van der Waals surface area contributed by atoms with E-state index in [2.05, 4.69) is 31.2 Å². The summed E-state index contributed by atoms with van der Waals surface area (Å²) in [5, 5.41) is 17.1. The van der Waals surface area contributed by atoms with Crippen molar-refractivity contribution in [1.82, 2.24) is 45.4 Å². The number of aromatic nitrogens is 5. The van der Waals surface area contributed by atoms with Crippen molar-refractivity contribution in [3.63, 3.8) is 0 Å². The molecule has 5 rings (SSSR count). The van der Waals surface area contributed by atoms with Crippen molar-refractivity contribution in [2.75, 3.05) is 26.2 Å². The largest absolute Gasteiger partial charge is 0.492 e. The van der Waals surface area contributed by atoms with Crippen LogP contribution in [0.25, 0.3) is 0 Å². The topological polar surface area (TPSA) is 165 Å². The fourth-order valence-electron chi connectivity index (χ4n) is 5.52. The monoisotopic (exact) mass is 669 g/mol. The lowest BCUT2D eigenvalue weighted by Gasteiger charge is -2.26. The Morgan fingerprint density at radius 1 is 0.980 bits per heavy atom. The second-order valence-electron chi connectivity index (χ2n) is 12.4. The van der Waals surface area contributed by atoms with Gasteiger partial charge in [0, 0.05) is 51.9 Å². The van der Waals surface area contributed by atoms with Crippen molar-refractivity contribution >= 4 is 23.6 Å². The van der Waals surface area contributed by atoms with Crippen LogP contribution in [0.4, 0.5) is 0 Å². The molecule has 49 heavy (non-hydrogen) atoms. The summed E-state index contributed by atoms with van der Waals surface area (Å²) in [6.07, 6.45) is 5.72. The Bertz CT molecular complexity index is 1740. The van der Waals surface area contributed by atoms with Gasteiger partial charge in [0.15, 0.2) is 0 Å². The number of imidazole rings is 1. The number of hydrogen-bond donors (Lipinski definition) is 3. The summed E-state index contributed by atoms with van der Waals surface area (Å²) in [6, 6.07) is 14.8. The molecule has 0 saturated carbocycles. The molecule has 0 radical (unpaired) electrons. The normalized spacial score (nSPS) is 18.6. The predicted octanol–water partition coefficient (Wildman–Crippen LogP) is 1.32. The Balaban J connectivity index is 1.39. The molecule has 14 nitrogen and oxygen atoms in total. The van der Waals surface area contributed by atoms with Crippen molar-refractivity contribution in [1.29, 1.82) is 0 Å². The van der Waals surface area contributed by atoms with Crippen LogP contribution in [0.5, 0.6) is 5.75 Å². The third kappa shape index (κ3) is 9.98. The molecule has 2 aromatic heterocycles. The number of nitrogens with one attached hydrogen (secondary N) is 3. The van der Waals surface area contributed by atoms with Gasteiger partial charge in [0.05, 0.1) is 25.0 Å². The predicted molar refractivity (Wildman–Crippen MR) is 180 cm³/mol. The van der Waals surface area contributed by atoms with Gasteiger partial charge < -0.3 is 30.2 Å². The molecular weight excluding hydrogens is 626 g/mol. The van der Waals surface area contributed by atoms with Gasteiger partial charge in [0.2, 0.25) is 17.7 Å². The summed E-state index contributed by atoms with van der Waals surface area (Å²) in [6.45, 7) is 5.07. The zero-order valence-electron chi connectivity index (χ0n) is 28.0. The number of rotatable bonds is 4. The summed E-state index contributed by atoms with van der Waals surface area (Å²) in [4.78, 5) is 59.8. The molecule has 0 spiro atoms. The number of amides is 4. The second kappa shape index (κ2) is 16.5. The van der Waals surface area contributed by atoms with Crippen LogP contribution >= 0.6 is 0 Å². The highest BCUT2D eigenvalue weighted by Gasteiger charge is 2.29. The minimum absolute atomic E-state index is 0.0434. The van der Waals surface area contributed by atoms with Crippen LogP contribution in [-0.4, -0.2) is 91.4 Å². The maximum atomic E-state index is 13.7. The third-order valence-electron chi connectivity index (χ3n) is 8.15. The first kappa shape index (κ1) is 34.8. The van der Waals surface area contributed by atoms with E-state index in [0.29, 0.717) is 37.6 Å². The van der Waals surface area contributed by atoms with E-state index in [0.717, 1.165) is 11.1 Å². The molecule has 3 heterocycles. The quantitative estimate of drug-likeness (QED) is 0.293. The highest BCUT2D eigenvalue weighted by Crippen LogP contribution is 2.15. The van der Waals surface area contributed by atoms with Crippen LogP contribution in [0.3, 0.4) is 0 Å². The smallest absolute Gasteiger partial charge is 0.274 e. The maximum absolute atomic E-state index is 13.7. The number of carbonyl (C=O) groups excluding carboxylic acids is 4. The molecule has 4 aromatic rings. The van der Waals surface area contributed by atoms with E-state index in [1.165, 1.54) is 0 Å². The van der Waals surface area contributed by atoms with Gasteiger partial charge in [-0.05, 0) is 29.2 Å². The number of carbonyl (C=O) groups is 4. The van der Waals surface area contributed by atoms with Crippen molar-refractivity contribution in [2.45, 2.75) is 51.7 Å². The molecule has 3 N–H and O–H groups in total. The van der Waals surface area contributed by atoms with Crippen LogP contribution in [0.15, 0.2) is 73.3 Å². The number of fused-ring (bicyclic) bond motifs is 4. The Morgan fingerprint density at radius 3 is 2.55 bits per heavy atom. The van der Waals surface area contributed by atoms with Gasteiger partial charge in [0.1, 0.15) is 30.1 Å². The summed E-state index contributed by atoms with van der Waals surface area (Å²) >= 11 is 0. The zero-order valence-corrected chi connectivity index (χ0v) is 28.0. The lowest BCUT2D eigenvalue weighted by Crippen LogP contribution is -2.56. The standard InChI is InChI=1S/C35H43N9O5/c1-24(2)32-34(47)38-29(19-25-8-5-4-6-9-25)33(46)36-13-15-43(35(48)30-22-42(3)23-37-30)14-12-27-21-44(41-40-27)16-17-49-28-11-7-10-26(18-28)20-31(45)39-32/h4-11,18,21-24,29,32H,12-17,19-20H2,1-3H3,(H,36,46)(H,38,47)(H,39,45)/t29-,32+/m0/s1. The minimum atomic E-state index is -0.932. The van der Waals surface area contributed by atoms with Crippen LogP contribution in [-0.2, 0) is 47.2 Å². The highest BCUT2D eigenvalue weighted by molar-refractivity contribution is 5.93. The Hall–Kier alpha value is -5.53. The molecule has 0 saturated heterocycles. The number of ether oxygens (including phenoxy) is 1. The zero-order chi connectivity index (χ0) is 34.8. The van der Waals surface area contributed by atoms with Gasteiger partial charge in [-0.15, -0.1) is 5.10 Å². The van der Waals surface area contributed by atoms with E-state index in [4.69, 9.17) is 4.74 Å². The third-order valence-corrected chi connectivity index (χ3v) is 8.15. The van der Waals surface area contributed by atoms with Crippen molar-refractivity contribution in [3.8, 4) is 5.75 Å². The summed E-state index contributed by atoms with van der Waals surface area (Å²) in [5.41, 5.74) is 2.56. The first-order valence-electron chi connectivity index (χ1n) is 16.4. The highest BCUT2D eigenvalue weighted by atomic mass is 16.5. The summed E-state index contributed by atoms with van der Waals surface area (Å²) < 4.78 is 9.31. The van der Waals surface area contributed by atoms with Crippen molar-refractivity contribution in [3.05, 3.63) is 95.8 Å². The number of aryl methyl sites for hydroxylation is 1. The van der Waals surface area contributed by atoms with E-state index in [1.54, 1.807) is 39.8 Å². The SMILES string of the molecule is CC(C)[C@H]1NC(=O)Cc2cccc(c2)OCCn2cc(nn2)CCN(C(=O)c2cn(C)cn2)CCNC(=O)[C@H](Cc2ccccc2)NC1=O. The Morgan fingerprint density at radius 2 is 1.80 bits per heavy atom. The molecule has 14 heteroatoms. The van der Waals surface area contributed by atoms with Gasteiger partial charge >= 0.3 is 0 Å². The van der Waals surface area contributed by atoms with Crippen molar-refractivity contribution in [2.24, 2.45) is 13.0 Å². The number of hydrogen-bond acceptors (Lipinski definition) is 8. The molecule has 4 bridgehead atoms. The van der Waals surface area contributed by atoms with E-state index >= 15 is 0 Å².